The van der Waals surface area contributed by atoms with Gasteiger partial charge in [0.15, 0.2) is 0 Å². The van der Waals surface area contributed by atoms with Crippen LogP contribution in [0.3, 0.4) is 0 Å². The SMILES string of the molecule is COC1=CC([O-])=CCC1.[Li+]. The Hall–Kier alpha value is -0.323. The maximum absolute atomic E-state index is 10.6. The Morgan fingerprint density at radius 1 is 1.60 bits per heavy atom. The molecule has 50 valence electrons. The normalized spacial score (nSPS) is 16.5. The summed E-state index contributed by atoms with van der Waals surface area (Å²) in [4.78, 5) is 0. The Labute approximate surface area is 72.7 Å². The van der Waals surface area contributed by atoms with Gasteiger partial charge in [-0.05, 0) is 12.5 Å². The van der Waals surface area contributed by atoms with Gasteiger partial charge in [-0.25, -0.2) is 0 Å². The third-order valence-corrected chi connectivity index (χ3v) is 1.30. The first-order valence-corrected chi connectivity index (χ1v) is 2.94. The van der Waals surface area contributed by atoms with Crippen LogP contribution in [0.15, 0.2) is 23.7 Å². The topological polar surface area (TPSA) is 32.3 Å². The summed E-state index contributed by atoms with van der Waals surface area (Å²) in [5.74, 6) is 0.862. The Morgan fingerprint density at radius 2 is 2.30 bits per heavy atom. The number of methoxy groups -OCH3 is 1. The molecule has 1 aliphatic rings. The zero-order chi connectivity index (χ0) is 6.69. The van der Waals surface area contributed by atoms with E-state index in [1.807, 2.05) is 0 Å². The van der Waals surface area contributed by atoms with Gasteiger partial charge in [0.25, 0.3) is 0 Å². The third-order valence-electron chi connectivity index (χ3n) is 1.30. The van der Waals surface area contributed by atoms with Gasteiger partial charge in [-0.3, -0.25) is 0 Å². The van der Waals surface area contributed by atoms with Crippen molar-refractivity contribution in [2.45, 2.75) is 12.8 Å². The standard InChI is InChI=1S/C7H10O2.Li/c1-9-7-4-2-3-6(8)5-7;/h3,5,8H,2,4H2,1H3;/q;+1/p-1. The third kappa shape index (κ3) is 2.51. The molecule has 0 saturated heterocycles. The summed E-state index contributed by atoms with van der Waals surface area (Å²) in [6, 6.07) is 0. The van der Waals surface area contributed by atoms with Crippen molar-refractivity contribution in [3.8, 4) is 0 Å². The quantitative estimate of drug-likeness (QED) is 0.371. The van der Waals surface area contributed by atoms with Crippen molar-refractivity contribution < 1.29 is 28.7 Å². The number of allylic oxidation sites excluding steroid dienone is 3. The zero-order valence-corrected chi connectivity index (χ0v) is 6.39. The molecule has 0 N–H and O–H groups in total. The van der Waals surface area contributed by atoms with Crippen molar-refractivity contribution in [1.29, 1.82) is 0 Å². The average molecular weight is 132 g/mol. The molecule has 0 spiro atoms. The maximum atomic E-state index is 10.6. The van der Waals surface area contributed by atoms with Gasteiger partial charge in [0.05, 0.1) is 12.9 Å². The first-order valence-electron chi connectivity index (χ1n) is 2.94. The fourth-order valence-corrected chi connectivity index (χ4v) is 0.807. The molecule has 0 amide bonds. The number of rotatable bonds is 1. The summed E-state index contributed by atoms with van der Waals surface area (Å²) in [5.41, 5.74) is 0. The molecule has 2 nitrogen and oxygen atoms in total. The van der Waals surface area contributed by atoms with Gasteiger partial charge in [0.1, 0.15) is 0 Å². The molecule has 0 aromatic carbocycles. The monoisotopic (exact) mass is 132 g/mol. The van der Waals surface area contributed by atoms with E-state index in [1.165, 1.54) is 6.08 Å². The molecule has 0 aromatic heterocycles. The van der Waals surface area contributed by atoms with Crippen LogP contribution in [0, 0.1) is 0 Å². The van der Waals surface area contributed by atoms with E-state index in [2.05, 4.69) is 0 Å². The zero-order valence-electron chi connectivity index (χ0n) is 6.39. The number of hydrogen-bond donors (Lipinski definition) is 0. The molecule has 1 aliphatic carbocycles. The Kier molecular flexibility index (Phi) is 4.34. The second-order valence-corrected chi connectivity index (χ2v) is 1.96. The Bertz CT molecular complexity index is 161. The minimum atomic E-state index is 0. The van der Waals surface area contributed by atoms with Crippen LogP contribution in [0.4, 0.5) is 0 Å². The molecule has 0 atom stereocenters. The maximum Gasteiger partial charge on any atom is 1.00 e. The molecule has 10 heavy (non-hydrogen) atoms. The largest absolute Gasteiger partial charge is 1.00 e. The first kappa shape index (κ1) is 9.68. The van der Waals surface area contributed by atoms with Gasteiger partial charge < -0.3 is 9.84 Å². The second kappa shape index (κ2) is 4.49. The first-order chi connectivity index (χ1) is 4.33. The van der Waals surface area contributed by atoms with E-state index in [9.17, 15) is 5.11 Å². The van der Waals surface area contributed by atoms with E-state index < -0.39 is 0 Å². The van der Waals surface area contributed by atoms with Crippen LogP contribution in [-0.4, -0.2) is 7.11 Å². The molecular weight excluding hydrogens is 123 g/mol. The fraction of sp³-hybridized carbons (Fsp3) is 0.429. The summed E-state index contributed by atoms with van der Waals surface area (Å²) in [6.45, 7) is 0. The molecule has 0 saturated carbocycles. The van der Waals surface area contributed by atoms with Crippen LogP contribution in [0.1, 0.15) is 12.8 Å². The van der Waals surface area contributed by atoms with E-state index in [0.717, 1.165) is 18.6 Å². The van der Waals surface area contributed by atoms with E-state index in [-0.39, 0.29) is 24.6 Å². The molecule has 0 heterocycles. The van der Waals surface area contributed by atoms with Crippen molar-refractivity contribution in [2.24, 2.45) is 0 Å². The summed E-state index contributed by atoms with van der Waals surface area (Å²) in [7, 11) is 1.59. The van der Waals surface area contributed by atoms with Gasteiger partial charge in [0.2, 0.25) is 0 Å². The summed E-state index contributed by atoms with van der Waals surface area (Å²) in [6.07, 6.45) is 4.88. The van der Waals surface area contributed by atoms with Crippen LogP contribution >= 0.6 is 0 Å². The van der Waals surface area contributed by atoms with Gasteiger partial charge in [-0.1, -0.05) is 6.08 Å². The van der Waals surface area contributed by atoms with Crippen molar-refractivity contribution in [1.82, 2.24) is 0 Å². The van der Waals surface area contributed by atoms with Crippen molar-refractivity contribution >= 4 is 0 Å². The second-order valence-electron chi connectivity index (χ2n) is 1.96. The van der Waals surface area contributed by atoms with Crippen molar-refractivity contribution in [3.05, 3.63) is 23.7 Å². The summed E-state index contributed by atoms with van der Waals surface area (Å²) >= 11 is 0. The van der Waals surface area contributed by atoms with Crippen LogP contribution in [0.2, 0.25) is 0 Å². The van der Waals surface area contributed by atoms with E-state index >= 15 is 0 Å². The molecule has 0 fully saturated rings. The summed E-state index contributed by atoms with van der Waals surface area (Å²) < 4.78 is 4.88. The molecular formula is C7H9LiO2. The number of ether oxygens (including phenoxy) is 1. The number of hydrogen-bond acceptors (Lipinski definition) is 2. The molecule has 3 heteroatoms. The van der Waals surface area contributed by atoms with Crippen LogP contribution in [-0.2, 0) is 4.74 Å². The van der Waals surface area contributed by atoms with Crippen LogP contribution in [0.5, 0.6) is 0 Å². The van der Waals surface area contributed by atoms with E-state index in [0.29, 0.717) is 0 Å². The van der Waals surface area contributed by atoms with Crippen molar-refractivity contribution in [3.63, 3.8) is 0 Å². The van der Waals surface area contributed by atoms with Gasteiger partial charge in [0, 0.05) is 6.42 Å². The van der Waals surface area contributed by atoms with Gasteiger partial charge in [-0.15, -0.1) is 5.76 Å². The van der Waals surface area contributed by atoms with Crippen molar-refractivity contribution in [2.75, 3.05) is 7.11 Å². The van der Waals surface area contributed by atoms with Gasteiger partial charge in [-0.2, -0.15) is 0 Å². The fourth-order valence-electron chi connectivity index (χ4n) is 0.807. The smallest absolute Gasteiger partial charge is 0.873 e. The molecule has 0 aromatic rings. The molecule has 1 rings (SSSR count). The minimum absolute atomic E-state index is 0. The molecule has 0 aliphatic heterocycles. The minimum Gasteiger partial charge on any atom is -0.873 e. The Balaban J connectivity index is 0.000000810. The predicted octanol–water partition coefficient (Wildman–Crippen LogP) is -2.44. The van der Waals surface area contributed by atoms with Crippen LogP contribution in [0.25, 0.3) is 0 Å². The van der Waals surface area contributed by atoms with Crippen LogP contribution < -0.4 is 24.0 Å². The average Bonchev–Trinajstić information content (AvgIpc) is 1.88. The predicted molar refractivity (Wildman–Crippen MR) is 32.4 cm³/mol. The van der Waals surface area contributed by atoms with E-state index in [4.69, 9.17) is 4.74 Å². The summed E-state index contributed by atoms with van der Waals surface area (Å²) in [5, 5.41) is 10.6. The molecule has 0 unspecified atom stereocenters. The molecule has 0 bridgehead atoms. The van der Waals surface area contributed by atoms with E-state index in [1.54, 1.807) is 13.2 Å². The Morgan fingerprint density at radius 3 is 2.70 bits per heavy atom. The van der Waals surface area contributed by atoms with Gasteiger partial charge >= 0.3 is 18.9 Å². The molecule has 0 radical (unpaired) electrons.